The third kappa shape index (κ3) is 5.14. The molecule has 0 aliphatic rings. The van der Waals surface area contributed by atoms with Gasteiger partial charge in [-0.3, -0.25) is 9.59 Å². The molecule has 0 fully saturated rings. The van der Waals surface area contributed by atoms with Gasteiger partial charge in [0, 0.05) is 24.9 Å². The fourth-order valence-corrected chi connectivity index (χ4v) is 3.52. The Bertz CT molecular complexity index is 1200. The van der Waals surface area contributed by atoms with E-state index in [1.165, 1.54) is 0 Å². The molecule has 0 radical (unpaired) electrons. The highest BCUT2D eigenvalue weighted by Gasteiger charge is 2.08. The van der Waals surface area contributed by atoms with E-state index in [9.17, 15) is 9.59 Å². The lowest BCUT2D eigenvalue weighted by Crippen LogP contribution is -2.25. The van der Waals surface area contributed by atoms with E-state index in [2.05, 4.69) is 34.0 Å². The summed E-state index contributed by atoms with van der Waals surface area (Å²) in [6.45, 7) is 0.452. The van der Waals surface area contributed by atoms with Gasteiger partial charge >= 0.3 is 0 Å². The van der Waals surface area contributed by atoms with Crippen LogP contribution in [-0.4, -0.2) is 18.0 Å². The van der Waals surface area contributed by atoms with Crippen molar-refractivity contribution in [1.29, 1.82) is 0 Å². The number of carbonyl (C=O) groups is 2. The first kappa shape index (κ1) is 20.3. The SMILES string of the molecule is O=C(CCC(=O)N/N=C/c1c2ccccc2cc2ccccc12)NCc1ccccc1. The van der Waals surface area contributed by atoms with Crippen molar-refractivity contribution < 1.29 is 9.59 Å². The zero-order chi connectivity index (χ0) is 21.5. The summed E-state index contributed by atoms with van der Waals surface area (Å²) in [7, 11) is 0. The van der Waals surface area contributed by atoms with Crippen LogP contribution in [0.3, 0.4) is 0 Å². The Morgan fingerprint density at radius 3 is 2.00 bits per heavy atom. The fourth-order valence-electron chi connectivity index (χ4n) is 3.52. The summed E-state index contributed by atoms with van der Waals surface area (Å²) in [6.07, 6.45) is 1.87. The summed E-state index contributed by atoms with van der Waals surface area (Å²) in [5.41, 5.74) is 4.51. The Balaban J connectivity index is 1.36. The van der Waals surface area contributed by atoms with E-state index in [-0.39, 0.29) is 24.7 Å². The molecule has 0 spiro atoms. The third-order valence-corrected chi connectivity index (χ3v) is 5.11. The van der Waals surface area contributed by atoms with Crippen LogP contribution in [0.4, 0.5) is 0 Å². The Morgan fingerprint density at radius 1 is 0.742 bits per heavy atom. The van der Waals surface area contributed by atoms with Crippen LogP contribution in [-0.2, 0) is 16.1 Å². The molecule has 4 aromatic carbocycles. The van der Waals surface area contributed by atoms with E-state index < -0.39 is 0 Å². The number of benzene rings is 4. The molecule has 0 saturated heterocycles. The predicted molar refractivity (Wildman–Crippen MR) is 125 cm³/mol. The first-order valence-corrected chi connectivity index (χ1v) is 10.2. The zero-order valence-corrected chi connectivity index (χ0v) is 17.0. The van der Waals surface area contributed by atoms with Crippen LogP contribution >= 0.6 is 0 Å². The molecule has 0 unspecified atom stereocenters. The molecule has 0 aliphatic carbocycles. The van der Waals surface area contributed by atoms with Crippen LogP contribution in [0, 0.1) is 0 Å². The molecular weight excluding hydrogens is 386 g/mol. The molecule has 31 heavy (non-hydrogen) atoms. The van der Waals surface area contributed by atoms with Gasteiger partial charge in [-0.15, -0.1) is 0 Å². The molecule has 0 atom stereocenters. The molecule has 4 aromatic rings. The van der Waals surface area contributed by atoms with Gasteiger partial charge in [0.2, 0.25) is 11.8 Å². The number of amides is 2. The molecular formula is C26H23N3O2. The van der Waals surface area contributed by atoms with E-state index in [4.69, 9.17) is 0 Å². The summed E-state index contributed by atoms with van der Waals surface area (Å²) in [5.74, 6) is -0.460. The van der Waals surface area contributed by atoms with Crippen LogP contribution in [0.5, 0.6) is 0 Å². The minimum Gasteiger partial charge on any atom is -0.352 e. The summed E-state index contributed by atoms with van der Waals surface area (Å²) in [6, 6.07) is 28.0. The van der Waals surface area contributed by atoms with Gasteiger partial charge in [0.05, 0.1) is 6.21 Å². The molecule has 0 saturated carbocycles. The molecule has 0 aromatic heterocycles. The minimum atomic E-state index is -0.296. The smallest absolute Gasteiger partial charge is 0.240 e. The zero-order valence-electron chi connectivity index (χ0n) is 17.0. The monoisotopic (exact) mass is 409 g/mol. The second kappa shape index (κ2) is 9.67. The first-order valence-electron chi connectivity index (χ1n) is 10.2. The number of carbonyl (C=O) groups excluding carboxylic acids is 2. The van der Waals surface area contributed by atoms with Gasteiger partial charge < -0.3 is 5.32 Å². The number of fused-ring (bicyclic) bond motifs is 2. The maximum atomic E-state index is 12.1. The Labute approximate surface area is 180 Å². The molecule has 0 bridgehead atoms. The van der Waals surface area contributed by atoms with Gasteiger partial charge in [-0.05, 0) is 33.2 Å². The summed E-state index contributed by atoms with van der Waals surface area (Å²) < 4.78 is 0. The highest BCUT2D eigenvalue weighted by atomic mass is 16.2. The van der Waals surface area contributed by atoms with E-state index >= 15 is 0 Å². The molecule has 0 heterocycles. The number of nitrogens with zero attached hydrogens (tertiary/aromatic N) is 1. The molecule has 2 N–H and O–H groups in total. The lowest BCUT2D eigenvalue weighted by Gasteiger charge is -2.08. The predicted octanol–water partition coefficient (Wildman–Crippen LogP) is 4.54. The fraction of sp³-hybridized carbons (Fsp3) is 0.115. The Hall–Kier alpha value is -3.99. The number of nitrogens with one attached hydrogen (secondary N) is 2. The van der Waals surface area contributed by atoms with Gasteiger partial charge in [-0.25, -0.2) is 5.43 Å². The van der Waals surface area contributed by atoms with E-state index in [0.717, 1.165) is 32.7 Å². The number of hydrazone groups is 1. The van der Waals surface area contributed by atoms with Gasteiger partial charge in [0.1, 0.15) is 0 Å². The van der Waals surface area contributed by atoms with Crippen molar-refractivity contribution in [3.05, 3.63) is 96.1 Å². The molecule has 2 amide bonds. The minimum absolute atomic E-state index is 0.0776. The van der Waals surface area contributed by atoms with Crippen molar-refractivity contribution >= 4 is 39.6 Å². The highest BCUT2D eigenvalue weighted by Crippen LogP contribution is 2.27. The van der Waals surface area contributed by atoms with Crippen molar-refractivity contribution in [2.75, 3.05) is 0 Å². The average Bonchev–Trinajstić information content (AvgIpc) is 2.81. The normalized spacial score (nSPS) is 11.1. The Morgan fingerprint density at radius 2 is 1.32 bits per heavy atom. The van der Waals surface area contributed by atoms with Gasteiger partial charge in [0.15, 0.2) is 0 Å². The molecule has 4 rings (SSSR count). The summed E-state index contributed by atoms with van der Waals surface area (Å²) >= 11 is 0. The van der Waals surface area contributed by atoms with Crippen LogP contribution in [0.1, 0.15) is 24.0 Å². The van der Waals surface area contributed by atoms with Crippen LogP contribution in [0.15, 0.2) is 90.0 Å². The van der Waals surface area contributed by atoms with E-state index in [1.54, 1.807) is 6.21 Å². The van der Waals surface area contributed by atoms with Crippen LogP contribution in [0.25, 0.3) is 21.5 Å². The first-order chi connectivity index (χ1) is 15.2. The second-order valence-electron chi connectivity index (χ2n) is 7.29. The quantitative estimate of drug-likeness (QED) is 0.267. The average molecular weight is 409 g/mol. The molecule has 154 valence electrons. The van der Waals surface area contributed by atoms with Crippen LogP contribution in [0.2, 0.25) is 0 Å². The third-order valence-electron chi connectivity index (χ3n) is 5.11. The standard InChI is InChI=1S/C26H23N3O2/c30-25(27-17-19-8-2-1-3-9-19)14-15-26(31)29-28-18-24-22-12-6-4-10-20(22)16-21-11-5-7-13-23(21)24/h1-13,16,18H,14-15,17H2,(H,27,30)(H,29,31)/b28-18+. The number of hydrogen-bond acceptors (Lipinski definition) is 3. The van der Waals surface area contributed by atoms with Crippen molar-refractivity contribution in [2.24, 2.45) is 5.10 Å². The van der Waals surface area contributed by atoms with Crippen LogP contribution < -0.4 is 10.7 Å². The molecule has 0 aliphatic heterocycles. The van der Waals surface area contributed by atoms with Crippen molar-refractivity contribution in [1.82, 2.24) is 10.7 Å². The number of hydrogen-bond donors (Lipinski definition) is 2. The van der Waals surface area contributed by atoms with Gasteiger partial charge in [-0.1, -0.05) is 78.9 Å². The topological polar surface area (TPSA) is 70.6 Å². The largest absolute Gasteiger partial charge is 0.352 e. The highest BCUT2D eigenvalue weighted by molar-refractivity contribution is 6.13. The van der Waals surface area contributed by atoms with Crippen molar-refractivity contribution in [3.8, 4) is 0 Å². The number of rotatable bonds is 7. The van der Waals surface area contributed by atoms with Crippen molar-refractivity contribution in [3.63, 3.8) is 0 Å². The van der Waals surface area contributed by atoms with Gasteiger partial charge in [-0.2, -0.15) is 5.10 Å². The van der Waals surface area contributed by atoms with Crippen molar-refractivity contribution in [2.45, 2.75) is 19.4 Å². The molecule has 5 nitrogen and oxygen atoms in total. The Kier molecular flexibility index (Phi) is 6.33. The van der Waals surface area contributed by atoms with Gasteiger partial charge in [0.25, 0.3) is 0 Å². The van der Waals surface area contributed by atoms with E-state index in [1.807, 2.05) is 66.7 Å². The lowest BCUT2D eigenvalue weighted by molar-refractivity contribution is -0.126. The maximum absolute atomic E-state index is 12.1. The summed E-state index contributed by atoms with van der Waals surface area (Å²) in [4.78, 5) is 24.1. The maximum Gasteiger partial charge on any atom is 0.240 e. The van der Waals surface area contributed by atoms with E-state index in [0.29, 0.717) is 6.54 Å². The summed E-state index contributed by atoms with van der Waals surface area (Å²) in [5, 5.41) is 11.3. The second-order valence-corrected chi connectivity index (χ2v) is 7.29. The molecule has 5 heteroatoms. The lowest BCUT2D eigenvalue weighted by atomic mass is 9.97.